The lowest BCUT2D eigenvalue weighted by atomic mass is 9.42. The number of carbonyl (C=O) groups excluding carboxylic acids is 2. The topological polar surface area (TPSA) is 80.7 Å². The molecule has 0 unspecified atom stereocenters. The Labute approximate surface area is 193 Å². The number of carboxylic acids is 1. The van der Waals surface area contributed by atoms with E-state index in [0.717, 1.165) is 57.8 Å². The van der Waals surface area contributed by atoms with Crippen molar-refractivity contribution < 1.29 is 24.2 Å². The quantitative estimate of drug-likeness (QED) is 0.522. The second kappa shape index (κ2) is 8.76. The summed E-state index contributed by atoms with van der Waals surface area (Å²) in [5.74, 6) is 2.10. The molecule has 4 rings (SSSR count). The number of carbonyl (C=O) groups is 3. The van der Waals surface area contributed by atoms with Crippen LogP contribution in [-0.2, 0) is 19.1 Å². The molecule has 1 N–H and O–H groups in total. The number of Topliss-reactive ketones (excluding diaryl/α,β-unsaturated/α-hetero) is 1. The van der Waals surface area contributed by atoms with Crippen molar-refractivity contribution in [2.24, 2.45) is 52.3 Å². The number of hydrogen-bond acceptors (Lipinski definition) is 4. The Bertz CT molecular complexity index is 748. The van der Waals surface area contributed by atoms with Gasteiger partial charge in [0, 0.05) is 18.3 Å². The molecule has 10 atom stereocenters. The molecule has 0 aromatic carbocycles. The zero-order chi connectivity index (χ0) is 23.3. The summed E-state index contributed by atoms with van der Waals surface area (Å²) in [7, 11) is 0. The van der Waals surface area contributed by atoms with Crippen LogP contribution < -0.4 is 0 Å². The molecule has 0 bridgehead atoms. The average Bonchev–Trinajstić information content (AvgIpc) is 3.10. The van der Waals surface area contributed by atoms with Gasteiger partial charge in [0.05, 0.1) is 0 Å². The fraction of sp³-hybridized carbons (Fsp3) is 0.889. The van der Waals surface area contributed by atoms with E-state index in [9.17, 15) is 14.4 Å². The Morgan fingerprint density at radius 1 is 1.12 bits per heavy atom. The van der Waals surface area contributed by atoms with Crippen molar-refractivity contribution in [3.8, 4) is 0 Å². The molecule has 0 radical (unpaired) electrons. The Balaban J connectivity index is 1.60. The minimum absolute atomic E-state index is 0.0382. The van der Waals surface area contributed by atoms with E-state index < -0.39 is 5.97 Å². The average molecular weight is 447 g/mol. The minimum atomic E-state index is -0.707. The Morgan fingerprint density at radius 3 is 2.47 bits per heavy atom. The van der Waals surface area contributed by atoms with Gasteiger partial charge in [-0.25, -0.2) is 0 Å². The summed E-state index contributed by atoms with van der Waals surface area (Å²) in [6, 6.07) is 0. The highest BCUT2D eigenvalue weighted by Gasteiger charge is 2.65. The number of ketones is 1. The number of ether oxygens (including phenoxy) is 1. The standard InChI is InChI=1S/C27H42O5/c1-5-18-22-14-17(32-15-28)10-12-27(22,4)21-11-13-26(3)19(16(2)6-9-23(29)30)7-8-20(26)24(21)25(18)31/h15-22,24H,5-14H2,1-4H3,(H,29,30)/t16-,17-,18-,19-,20+,21+,22+,24+,26-,27-/m1/s1. The lowest BCUT2D eigenvalue weighted by Gasteiger charge is -2.62. The zero-order valence-corrected chi connectivity index (χ0v) is 20.3. The Morgan fingerprint density at radius 2 is 1.81 bits per heavy atom. The third-order valence-electron chi connectivity index (χ3n) is 10.9. The summed E-state index contributed by atoms with van der Waals surface area (Å²) in [5.41, 5.74) is 0.296. The summed E-state index contributed by atoms with van der Waals surface area (Å²) in [6.07, 6.45) is 9.10. The maximum absolute atomic E-state index is 14.0. The SMILES string of the molecule is CC[C@H]1C(=O)[C@@H]2[C@H](CC[C@]3(C)[C@@H]([C@H](C)CCC(=O)O)CC[C@@H]23)[C@@]2(C)CC[C@@H](OC=O)C[C@@H]12. The Hall–Kier alpha value is -1.39. The van der Waals surface area contributed by atoms with Crippen LogP contribution in [-0.4, -0.2) is 29.4 Å². The lowest BCUT2D eigenvalue weighted by Crippen LogP contribution is -2.60. The molecule has 0 aliphatic heterocycles. The van der Waals surface area contributed by atoms with E-state index in [2.05, 4.69) is 27.7 Å². The van der Waals surface area contributed by atoms with Gasteiger partial charge >= 0.3 is 5.97 Å². The molecule has 4 fully saturated rings. The van der Waals surface area contributed by atoms with E-state index in [1.54, 1.807) is 0 Å². The van der Waals surface area contributed by atoms with E-state index in [1.165, 1.54) is 0 Å². The molecule has 32 heavy (non-hydrogen) atoms. The molecular weight excluding hydrogens is 404 g/mol. The van der Waals surface area contributed by atoms with Crippen LogP contribution >= 0.6 is 0 Å². The number of aliphatic carboxylic acids is 1. The van der Waals surface area contributed by atoms with E-state index in [-0.39, 0.29) is 35.2 Å². The van der Waals surface area contributed by atoms with Crippen LogP contribution in [0.3, 0.4) is 0 Å². The van der Waals surface area contributed by atoms with Crippen molar-refractivity contribution in [3.63, 3.8) is 0 Å². The van der Waals surface area contributed by atoms with Gasteiger partial charge in [0.1, 0.15) is 11.9 Å². The van der Waals surface area contributed by atoms with Crippen molar-refractivity contribution >= 4 is 18.2 Å². The smallest absolute Gasteiger partial charge is 0.303 e. The predicted molar refractivity (Wildman–Crippen MR) is 122 cm³/mol. The molecule has 180 valence electrons. The van der Waals surface area contributed by atoms with E-state index >= 15 is 0 Å². The molecule has 5 heteroatoms. The van der Waals surface area contributed by atoms with Crippen LogP contribution in [0.15, 0.2) is 0 Å². The molecule has 0 aromatic heterocycles. The van der Waals surface area contributed by atoms with Crippen LogP contribution in [0, 0.1) is 52.3 Å². The predicted octanol–water partition coefficient (Wildman–Crippen LogP) is 5.50. The Kier molecular flexibility index (Phi) is 6.50. The first kappa shape index (κ1) is 23.8. The van der Waals surface area contributed by atoms with Crippen molar-refractivity contribution in [2.75, 3.05) is 0 Å². The molecule has 5 nitrogen and oxygen atoms in total. The maximum Gasteiger partial charge on any atom is 0.303 e. The number of carboxylic acid groups (broad SMARTS) is 1. The molecule has 0 saturated heterocycles. The van der Waals surface area contributed by atoms with E-state index in [0.29, 0.717) is 41.8 Å². The second-order valence-corrected chi connectivity index (χ2v) is 12.0. The van der Waals surface area contributed by atoms with Crippen LogP contribution in [0.2, 0.25) is 0 Å². The van der Waals surface area contributed by atoms with Gasteiger partial charge in [-0.15, -0.1) is 0 Å². The van der Waals surface area contributed by atoms with E-state index in [4.69, 9.17) is 9.84 Å². The van der Waals surface area contributed by atoms with Crippen molar-refractivity contribution in [2.45, 2.75) is 98.0 Å². The molecule has 0 spiro atoms. The summed E-state index contributed by atoms with van der Waals surface area (Å²) >= 11 is 0. The van der Waals surface area contributed by atoms with Crippen LogP contribution in [0.4, 0.5) is 0 Å². The van der Waals surface area contributed by atoms with Crippen molar-refractivity contribution in [3.05, 3.63) is 0 Å². The first-order valence-electron chi connectivity index (χ1n) is 13.0. The van der Waals surface area contributed by atoms with Crippen molar-refractivity contribution in [1.82, 2.24) is 0 Å². The summed E-state index contributed by atoms with van der Waals surface area (Å²) in [6.45, 7) is 9.82. The molecule has 4 aliphatic rings. The van der Waals surface area contributed by atoms with Gasteiger partial charge in [0.15, 0.2) is 0 Å². The monoisotopic (exact) mass is 446 g/mol. The molecule has 0 heterocycles. The normalized spacial score (nSPS) is 46.5. The lowest BCUT2D eigenvalue weighted by molar-refractivity contribution is -0.176. The zero-order valence-electron chi connectivity index (χ0n) is 20.3. The highest BCUT2D eigenvalue weighted by atomic mass is 16.5. The molecule has 4 saturated carbocycles. The molecule has 4 aliphatic carbocycles. The van der Waals surface area contributed by atoms with Gasteiger partial charge in [-0.3, -0.25) is 14.4 Å². The van der Waals surface area contributed by atoms with Crippen molar-refractivity contribution in [1.29, 1.82) is 0 Å². The third kappa shape index (κ3) is 3.62. The summed E-state index contributed by atoms with van der Waals surface area (Å²) in [4.78, 5) is 36.1. The first-order chi connectivity index (χ1) is 15.2. The number of fused-ring (bicyclic) bond motifs is 5. The molecule has 0 amide bonds. The van der Waals surface area contributed by atoms with Gasteiger partial charge in [0.25, 0.3) is 6.47 Å². The largest absolute Gasteiger partial charge is 0.481 e. The summed E-state index contributed by atoms with van der Waals surface area (Å²) < 4.78 is 5.37. The fourth-order valence-corrected chi connectivity index (χ4v) is 9.35. The third-order valence-corrected chi connectivity index (χ3v) is 10.9. The van der Waals surface area contributed by atoms with Gasteiger partial charge in [-0.05, 0) is 98.2 Å². The van der Waals surface area contributed by atoms with Gasteiger partial charge in [-0.1, -0.05) is 27.7 Å². The molecular formula is C27H42O5. The van der Waals surface area contributed by atoms with Crippen LogP contribution in [0.25, 0.3) is 0 Å². The minimum Gasteiger partial charge on any atom is -0.481 e. The van der Waals surface area contributed by atoms with Gasteiger partial charge in [-0.2, -0.15) is 0 Å². The van der Waals surface area contributed by atoms with Crippen LogP contribution in [0.5, 0.6) is 0 Å². The van der Waals surface area contributed by atoms with E-state index in [1.807, 2.05) is 0 Å². The highest BCUT2D eigenvalue weighted by molar-refractivity contribution is 5.86. The number of rotatable bonds is 7. The maximum atomic E-state index is 14.0. The van der Waals surface area contributed by atoms with Gasteiger partial charge in [0.2, 0.25) is 0 Å². The number of hydrogen-bond donors (Lipinski definition) is 1. The van der Waals surface area contributed by atoms with Crippen LogP contribution in [0.1, 0.15) is 91.9 Å². The summed E-state index contributed by atoms with van der Waals surface area (Å²) in [5, 5.41) is 9.17. The first-order valence-corrected chi connectivity index (χ1v) is 13.0. The highest BCUT2D eigenvalue weighted by Crippen LogP contribution is 2.68. The second-order valence-electron chi connectivity index (χ2n) is 12.0. The van der Waals surface area contributed by atoms with Gasteiger partial charge < -0.3 is 9.84 Å². The molecule has 0 aromatic rings. The fourth-order valence-electron chi connectivity index (χ4n) is 9.35.